The summed E-state index contributed by atoms with van der Waals surface area (Å²) < 4.78 is 18.0. The molecule has 0 saturated carbocycles. The molecule has 0 radical (unpaired) electrons. The zero-order valence-electron chi connectivity index (χ0n) is 10.4. The van der Waals surface area contributed by atoms with E-state index in [1.54, 1.807) is 18.2 Å². The Morgan fingerprint density at radius 2 is 2.05 bits per heavy atom. The predicted molar refractivity (Wildman–Crippen MR) is 68.4 cm³/mol. The van der Waals surface area contributed by atoms with E-state index in [1.807, 2.05) is 6.92 Å². The van der Waals surface area contributed by atoms with Crippen molar-refractivity contribution in [1.82, 2.24) is 0 Å². The summed E-state index contributed by atoms with van der Waals surface area (Å²) >= 11 is 0. The number of benzene rings is 2. The van der Waals surface area contributed by atoms with Crippen LogP contribution in [0.4, 0.5) is 4.39 Å². The zero-order valence-corrected chi connectivity index (χ0v) is 10.4. The van der Waals surface area contributed by atoms with Crippen LogP contribution in [0.3, 0.4) is 0 Å². The summed E-state index contributed by atoms with van der Waals surface area (Å²) in [5.41, 5.74) is 1.50. The Morgan fingerprint density at radius 3 is 2.74 bits per heavy atom. The summed E-state index contributed by atoms with van der Waals surface area (Å²) in [7, 11) is 0. The normalized spacial score (nSPS) is 10.2. The average Bonchev–Trinajstić information content (AvgIpc) is 2.36. The van der Waals surface area contributed by atoms with Crippen molar-refractivity contribution >= 4 is 5.97 Å². The monoisotopic (exact) mass is 260 g/mol. The molecule has 1 N–H and O–H groups in total. The Balaban J connectivity index is 2.05. The molecule has 3 nitrogen and oxygen atoms in total. The number of halogens is 1. The summed E-state index contributed by atoms with van der Waals surface area (Å²) in [5, 5.41) is 9.64. The van der Waals surface area contributed by atoms with Gasteiger partial charge in [0.05, 0.1) is 0 Å². The number of phenolic OH excluding ortho intramolecular Hbond substituents is 1. The van der Waals surface area contributed by atoms with Gasteiger partial charge >= 0.3 is 5.97 Å². The number of esters is 1. The summed E-state index contributed by atoms with van der Waals surface area (Å²) in [5.74, 6) is -1.14. The smallest absolute Gasteiger partial charge is 0.342 e. The third kappa shape index (κ3) is 3.31. The van der Waals surface area contributed by atoms with E-state index in [0.29, 0.717) is 5.56 Å². The first-order valence-corrected chi connectivity index (χ1v) is 5.77. The van der Waals surface area contributed by atoms with Gasteiger partial charge in [0.25, 0.3) is 0 Å². The van der Waals surface area contributed by atoms with E-state index >= 15 is 0 Å². The van der Waals surface area contributed by atoms with Crippen LogP contribution >= 0.6 is 0 Å². The lowest BCUT2D eigenvalue weighted by molar-refractivity contribution is 0.0469. The second kappa shape index (κ2) is 5.52. The number of hydrogen-bond donors (Lipinski definition) is 1. The van der Waals surface area contributed by atoms with Crippen LogP contribution in [-0.2, 0) is 11.3 Å². The first-order valence-electron chi connectivity index (χ1n) is 5.77. The molecule has 98 valence electrons. The Bertz CT molecular complexity index is 608. The molecular formula is C15H13FO3. The van der Waals surface area contributed by atoms with Crippen LogP contribution in [0.15, 0.2) is 42.5 Å². The first-order chi connectivity index (χ1) is 9.06. The number of carbonyl (C=O) groups is 1. The van der Waals surface area contributed by atoms with Crippen LogP contribution < -0.4 is 0 Å². The van der Waals surface area contributed by atoms with Crippen molar-refractivity contribution in [2.45, 2.75) is 13.5 Å². The molecular weight excluding hydrogens is 247 g/mol. The van der Waals surface area contributed by atoms with Gasteiger partial charge < -0.3 is 9.84 Å². The standard InChI is InChI=1S/C15H13FO3/c1-10-5-6-13(14(17)7-10)15(18)19-9-11-3-2-4-12(16)8-11/h2-8,17H,9H2,1H3. The van der Waals surface area contributed by atoms with E-state index < -0.39 is 5.97 Å². The number of rotatable bonds is 3. The average molecular weight is 260 g/mol. The van der Waals surface area contributed by atoms with Gasteiger partial charge in [-0.3, -0.25) is 0 Å². The largest absolute Gasteiger partial charge is 0.507 e. The molecule has 0 spiro atoms. The highest BCUT2D eigenvalue weighted by molar-refractivity contribution is 5.92. The second-order valence-corrected chi connectivity index (χ2v) is 4.23. The maximum absolute atomic E-state index is 12.9. The maximum Gasteiger partial charge on any atom is 0.342 e. The van der Waals surface area contributed by atoms with Gasteiger partial charge in [0.2, 0.25) is 0 Å². The van der Waals surface area contributed by atoms with Gasteiger partial charge in [-0.25, -0.2) is 9.18 Å². The fraction of sp³-hybridized carbons (Fsp3) is 0.133. The minimum absolute atomic E-state index is 0.0378. The Hall–Kier alpha value is -2.36. The van der Waals surface area contributed by atoms with E-state index in [9.17, 15) is 14.3 Å². The van der Waals surface area contributed by atoms with Crippen LogP contribution in [0.2, 0.25) is 0 Å². The number of carbonyl (C=O) groups excluding carboxylic acids is 1. The minimum Gasteiger partial charge on any atom is -0.507 e. The van der Waals surface area contributed by atoms with Crippen molar-refractivity contribution in [2.24, 2.45) is 0 Å². The fourth-order valence-corrected chi connectivity index (χ4v) is 1.67. The number of aryl methyl sites for hydroxylation is 1. The summed E-state index contributed by atoms with van der Waals surface area (Å²) in [6, 6.07) is 10.5. The summed E-state index contributed by atoms with van der Waals surface area (Å²) in [6.45, 7) is 1.77. The van der Waals surface area contributed by atoms with Gasteiger partial charge in [0.15, 0.2) is 0 Å². The third-order valence-electron chi connectivity index (χ3n) is 2.63. The predicted octanol–water partition coefficient (Wildman–Crippen LogP) is 3.20. The van der Waals surface area contributed by atoms with Crippen molar-refractivity contribution in [3.63, 3.8) is 0 Å². The van der Waals surface area contributed by atoms with Crippen LogP contribution in [0.1, 0.15) is 21.5 Å². The van der Waals surface area contributed by atoms with E-state index in [4.69, 9.17) is 4.74 Å². The minimum atomic E-state index is -0.637. The molecule has 0 saturated heterocycles. The number of ether oxygens (including phenoxy) is 1. The fourth-order valence-electron chi connectivity index (χ4n) is 1.67. The van der Waals surface area contributed by atoms with Crippen molar-refractivity contribution in [3.05, 3.63) is 65.0 Å². The van der Waals surface area contributed by atoms with E-state index in [-0.39, 0.29) is 23.7 Å². The van der Waals surface area contributed by atoms with Gasteiger partial charge in [-0.2, -0.15) is 0 Å². The van der Waals surface area contributed by atoms with E-state index in [2.05, 4.69) is 0 Å². The first kappa shape index (κ1) is 13.1. The molecule has 2 rings (SSSR count). The quantitative estimate of drug-likeness (QED) is 0.862. The van der Waals surface area contributed by atoms with Crippen molar-refractivity contribution in [2.75, 3.05) is 0 Å². The third-order valence-corrected chi connectivity index (χ3v) is 2.63. The molecule has 0 bridgehead atoms. The Labute approximate surface area is 110 Å². The molecule has 0 unspecified atom stereocenters. The SMILES string of the molecule is Cc1ccc(C(=O)OCc2cccc(F)c2)c(O)c1. The molecule has 0 aliphatic carbocycles. The topological polar surface area (TPSA) is 46.5 Å². The molecule has 0 atom stereocenters. The van der Waals surface area contributed by atoms with Crippen molar-refractivity contribution < 1.29 is 19.0 Å². The molecule has 19 heavy (non-hydrogen) atoms. The maximum atomic E-state index is 12.9. The molecule has 2 aromatic rings. The van der Waals surface area contributed by atoms with Crippen LogP contribution in [-0.4, -0.2) is 11.1 Å². The van der Waals surface area contributed by atoms with E-state index in [0.717, 1.165) is 5.56 Å². The highest BCUT2D eigenvalue weighted by atomic mass is 19.1. The molecule has 0 heterocycles. The van der Waals surface area contributed by atoms with Crippen LogP contribution in [0.25, 0.3) is 0 Å². The molecule has 0 aliphatic rings. The lowest BCUT2D eigenvalue weighted by atomic mass is 10.1. The number of phenols is 1. The van der Waals surface area contributed by atoms with Crippen LogP contribution in [0.5, 0.6) is 5.75 Å². The molecule has 0 aliphatic heterocycles. The van der Waals surface area contributed by atoms with Crippen molar-refractivity contribution in [3.8, 4) is 5.75 Å². The molecule has 0 fully saturated rings. The lowest BCUT2D eigenvalue weighted by Gasteiger charge is -2.07. The highest BCUT2D eigenvalue weighted by Gasteiger charge is 2.12. The van der Waals surface area contributed by atoms with Gasteiger partial charge in [-0.05, 0) is 42.3 Å². The Morgan fingerprint density at radius 1 is 1.26 bits per heavy atom. The zero-order chi connectivity index (χ0) is 13.8. The molecule has 0 aromatic heterocycles. The molecule has 4 heteroatoms. The Kier molecular flexibility index (Phi) is 3.80. The highest BCUT2D eigenvalue weighted by Crippen LogP contribution is 2.19. The molecule has 0 amide bonds. The number of aromatic hydroxyl groups is 1. The van der Waals surface area contributed by atoms with Crippen molar-refractivity contribution in [1.29, 1.82) is 0 Å². The van der Waals surface area contributed by atoms with Gasteiger partial charge in [-0.15, -0.1) is 0 Å². The van der Waals surface area contributed by atoms with E-state index in [1.165, 1.54) is 24.3 Å². The lowest BCUT2D eigenvalue weighted by Crippen LogP contribution is -2.05. The summed E-state index contributed by atoms with van der Waals surface area (Å²) in [6.07, 6.45) is 0. The summed E-state index contributed by atoms with van der Waals surface area (Å²) in [4.78, 5) is 11.8. The number of hydrogen-bond acceptors (Lipinski definition) is 3. The van der Waals surface area contributed by atoms with Gasteiger partial charge in [-0.1, -0.05) is 18.2 Å². The van der Waals surface area contributed by atoms with Gasteiger partial charge in [0.1, 0.15) is 23.7 Å². The van der Waals surface area contributed by atoms with Crippen LogP contribution in [0, 0.1) is 12.7 Å². The van der Waals surface area contributed by atoms with Gasteiger partial charge in [0, 0.05) is 0 Å². The second-order valence-electron chi connectivity index (χ2n) is 4.23. The molecule has 2 aromatic carbocycles.